The lowest BCUT2D eigenvalue weighted by molar-refractivity contribution is -0.125. The number of thiophene rings is 1. The van der Waals surface area contributed by atoms with Gasteiger partial charge in [-0.3, -0.25) is 14.9 Å². The molecule has 1 aliphatic carbocycles. The summed E-state index contributed by atoms with van der Waals surface area (Å²) in [6.45, 7) is 3.56. The van der Waals surface area contributed by atoms with Crippen LogP contribution in [0.15, 0.2) is 60.0 Å². The third-order valence-corrected chi connectivity index (χ3v) is 8.77. The van der Waals surface area contributed by atoms with E-state index in [1.807, 2.05) is 4.57 Å². The number of hydrogen-bond donors (Lipinski definition) is 2. The molecule has 1 spiro atoms. The third kappa shape index (κ3) is 4.43. The number of alkyl halides is 2. The quantitative estimate of drug-likeness (QED) is 0.317. The van der Waals surface area contributed by atoms with Crippen LogP contribution >= 0.6 is 11.3 Å². The van der Waals surface area contributed by atoms with E-state index in [9.17, 15) is 18.4 Å². The fourth-order valence-corrected chi connectivity index (χ4v) is 6.53. The molecule has 2 N–H and O–H groups in total. The molecule has 0 atom stereocenters. The SMILES string of the molecule is C=CC(=O)N1CCC2(CC(n3c(NC(=O)c4ccc(-c5cnco5)s4)nc4cc(C(F)(F)CO)ccc43)C2)C1. The number of aliphatic hydroxyl groups excluding tert-OH is 1. The molecular weight excluding hydrogens is 528 g/mol. The number of carbonyl (C=O) groups is 2. The third-order valence-electron chi connectivity index (χ3n) is 7.67. The average Bonchev–Trinajstić information content (AvgIpc) is 3.71. The highest BCUT2D eigenvalue weighted by Gasteiger charge is 2.50. The van der Waals surface area contributed by atoms with Crippen LogP contribution in [0.1, 0.15) is 40.5 Å². The van der Waals surface area contributed by atoms with Crippen molar-refractivity contribution in [2.75, 3.05) is 25.0 Å². The van der Waals surface area contributed by atoms with Crippen molar-refractivity contribution < 1.29 is 27.9 Å². The zero-order chi connectivity index (χ0) is 27.4. The predicted octanol–water partition coefficient (Wildman–Crippen LogP) is 4.83. The molecule has 4 aromatic rings. The number of aromatic nitrogens is 3. The zero-order valence-corrected chi connectivity index (χ0v) is 21.6. The summed E-state index contributed by atoms with van der Waals surface area (Å²) in [4.78, 5) is 36.7. The van der Waals surface area contributed by atoms with E-state index in [0.29, 0.717) is 34.8 Å². The van der Waals surface area contributed by atoms with Crippen LogP contribution in [-0.2, 0) is 10.7 Å². The highest BCUT2D eigenvalue weighted by atomic mass is 32.1. The van der Waals surface area contributed by atoms with Crippen LogP contribution in [0.2, 0.25) is 0 Å². The number of aliphatic hydroxyl groups is 1. The van der Waals surface area contributed by atoms with Gasteiger partial charge >= 0.3 is 0 Å². The molecule has 0 bridgehead atoms. The summed E-state index contributed by atoms with van der Waals surface area (Å²) >= 11 is 1.23. The fraction of sp³-hybridized carbons (Fsp3) is 0.333. The van der Waals surface area contributed by atoms with E-state index < -0.39 is 12.5 Å². The summed E-state index contributed by atoms with van der Waals surface area (Å²) < 4.78 is 35.7. The van der Waals surface area contributed by atoms with E-state index in [1.54, 1.807) is 29.3 Å². The van der Waals surface area contributed by atoms with Crippen LogP contribution in [-0.4, -0.2) is 56.1 Å². The number of nitrogens with zero attached hydrogens (tertiary/aromatic N) is 4. The van der Waals surface area contributed by atoms with Gasteiger partial charge < -0.3 is 19.0 Å². The summed E-state index contributed by atoms with van der Waals surface area (Å²) in [6.07, 6.45) is 6.57. The van der Waals surface area contributed by atoms with Crippen LogP contribution in [0.25, 0.3) is 21.7 Å². The standard InChI is InChI=1S/C27H25F2N5O4S/c1-2-23(36)33-8-7-26(13-33)10-17(11-26)34-19-4-3-16(27(28,29)14-35)9-18(19)31-25(34)32-24(37)22-6-5-21(39-22)20-12-30-15-38-20/h2-6,9,12,15,17,35H,1,7-8,10-11,13-14H2,(H,31,32,37). The lowest BCUT2D eigenvalue weighted by Crippen LogP contribution is -2.42. The van der Waals surface area contributed by atoms with Crippen LogP contribution < -0.4 is 5.32 Å². The van der Waals surface area contributed by atoms with Gasteiger partial charge in [0.05, 0.1) is 27.0 Å². The number of fused-ring (bicyclic) bond motifs is 1. The number of likely N-dealkylation sites (tertiary alicyclic amines) is 1. The Morgan fingerprint density at radius 2 is 2.13 bits per heavy atom. The van der Waals surface area contributed by atoms with Crippen molar-refractivity contribution in [2.24, 2.45) is 5.41 Å². The van der Waals surface area contributed by atoms with E-state index in [4.69, 9.17) is 9.52 Å². The number of nitrogens with one attached hydrogen (secondary N) is 1. The lowest BCUT2D eigenvalue weighted by atomic mass is 9.64. The summed E-state index contributed by atoms with van der Waals surface area (Å²) in [7, 11) is 0. The molecule has 39 heavy (non-hydrogen) atoms. The van der Waals surface area contributed by atoms with Gasteiger partial charge in [0, 0.05) is 24.7 Å². The maximum absolute atomic E-state index is 14.2. The Morgan fingerprint density at radius 1 is 1.31 bits per heavy atom. The number of hydrogen-bond acceptors (Lipinski definition) is 7. The highest BCUT2D eigenvalue weighted by molar-refractivity contribution is 7.17. The molecule has 3 aromatic heterocycles. The molecule has 0 unspecified atom stereocenters. The van der Waals surface area contributed by atoms with Crippen molar-refractivity contribution in [2.45, 2.75) is 31.2 Å². The normalized spacial score (nSPS) is 20.9. The monoisotopic (exact) mass is 553 g/mol. The molecule has 202 valence electrons. The number of rotatable bonds is 7. The molecule has 9 nitrogen and oxygen atoms in total. The Hall–Kier alpha value is -3.90. The van der Waals surface area contributed by atoms with Crippen molar-refractivity contribution >= 4 is 40.1 Å². The number of oxazole rings is 1. The lowest BCUT2D eigenvalue weighted by Gasteiger charge is -2.46. The van der Waals surface area contributed by atoms with Crippen LogP contribution in [0.4, 0.5) is 14.7 Å². The fourth-order valence-electron chi connectivity index (χ4n) is 5.68. The largest absolute Gasteiger partial charge is 0.443 e. The predicted molar refractivity (Wildman–Crippen MR) is 141 cm³/mol. The van der Waals surface area contributed by atoms with Crippen molar-refractivity contribution in [3.8, 4) is 10.6 Å². The van der Waals surface area contributed by atoms with Gasteiger partial charge in [0.15, 0.2) is 12.2 Å². The maximum atomic E-state index is 14.2. The second-order valence-electron chi connectivity index (χ2n) is 10.1. The smallest absolute Gasteiger partial charge is 0.295 e. The Morgan fingerprint density at radius 3 is 2.85 bits per heavy atom. The summed E-state index contributed by atoms with van der Waals surface area (Å²) in [6, 6.07) is 7.48. The van der Waals surface area contributed by atoms with E-state index >= 15 is 0 Å². The van der Waals surface area contributed by atoms with E-state index in [0.717, 1.165) is 24.1 Å². The topological polar surface area (TPSA) is 113 Å². The second kappa shape index (κ2) is 9.38. The molecule has 1 aliphatic heterocycles. The number of benzene rings is 1. The van der Waals surface area contributed by atoms with Crippen molar-refractivity contribution in [1.82, 2.24) is 19.4 Å². The Balaban J connectivity index is 1.31. The number of anilines is 1. The highest BCUT2D eigenvalue weighted by Crippen LogP contribution is 2.55. The van der Waals surface area contributed by atoms with E-state index in [1.165, 1.54) is 35.9 Å². The van der Waals surface area contributed by atoms with Gasteiger partial charge in [-0.25, -0.2) is 9.97 Å². The molecule has 4 heterocycles. The molecular formula is C27H25F2N5O4S. The minimum Gasteiger partial charge on any atom is -0.443 e. The minimum absolute atomic E-state index is 0.0369. The number of imidazole rings is 1. The van der Waals surface area contributed by atoms with Gasteiger partial charge in [-0.15, -0.1) is 11.3 Å². The number of carbonyl (C=O) groups excluding carboxylic acids is 2. The molecule has 0 radical (unpaired) electrons. The Kier molecular flexibility index (Phi) is 6.11. The molecule has 2 aliphatic rings. The van der Waals surface area contributed by atoms with E-state index in [2.05, 4.69) is 21.9 Å². The number of halogens is 2. The number of amides is 2. The summed E-state index contributed by atoms with van der Waals surface area (Å²) in [5.41, 5.74) is 0.507. The molecule has 6 rings (SSSR count). The van der Waals surface area contributed by atoms with Crippen LogP contribution in [0, 0.1) is 5.41 Å². The first-order chi connectivity index (χ1) is 18.7. The first-order valence-corrected chi connectivity index (χ1v) is 13.3. The second-order valence-corrected chi connectivity index (χ2v) is 11.2. The zero-order valence-electron chi connectivity index (χ0n) is 20.8. The van der Waals surface area contributed by atoms with Gasteiger partial charge in [-0.2, -0.15) is 8.78 Å². The molecule has 1 saturated carbocycles. The maximum Gasteiger partial charge on any atom is 0.295 e. The van der Waals surface area contributed by atoms with Gasteiger partial charge in [0.25, 0.3) is 11.8 Å². The van der Waals surface area contributed by atoms with Gasteiger partial charge in [-0.1, -0.05) is 12.6 Å². The van der Waals surface area contributed by atoms with Crippen molar-refractivity contribution in [1.29, 1.82) is 0 Å². The van der Waals surface area contributed by atoms with Crippen LogP contribution in [0.3, 0.4) is 0 Å². The first kappa shape index (κ1) is 25.4. The van der Waals surface area contributed by atoms with Gasteiger partial charge in [0.2, 0.25) is 11.9 Å². The van der Waals surface area contributed by atoms with Crippen LogP contribution in [0.5, 0.6) is 0 Å². The molecule has 12 heteroatoms. The first-order valence-electron chi connectivity index (χ1n) is 12.4. The summed E-state index contributed by atoms with van der Waals surface area (Å²) in [5.74, 6) is -3.09. The molecule has 2 fully saturated rings. The van der Waals surface area contributed by atoms with Crippen molar-refractivity contribution in [3.63, 3.8) is 0 Å². The Labute approximate surface area is 225 Å². The summed E-state index contributed by atoms with van der Waals surface area (Å²) in [5, 5.41) is 12.0. The molecule has 2 amide bonds. The minimum atomic E-state index is -3.42. The molecule has 1 saturated heterocycles. The van der Waals surface area contributed by atoms with Crippen molar-refractivity contribution in [3.05, 3.63) is 66.0 Å². The molecule has 1 aromatic carbocycles. The average molecular weight is 554 g/mol. The van der Waals surface area contributed by atoms with Gasteiger partial charge in [-0.05, 0) is 55.0 Å². The van der Waals surface area contributed by atoms with E-state index in [-0.39, 0.29) is 34.8 Å². The Bertz CT molecular complexity index is 1570. The van der Waals surface area contributed by atoms with Gasteiger partial charge in [0.1, 0.15) is 6.61 Å².